The van der Waals surface area contributed by atoms with Crippen LogP contribution in [0.5, 0.6) is 0 Å². The fourth-order valence-corrected chi connectivity index (χ4v) is 1.46. The average molecular weight is 266 g/mol. The second kappa shape index (κ2) is 4.90. The summed E-state index contributed by atoms with van der Waals surface area (Å²) in [6.07, 6.45) is 3.76. The lowest BCUT2D eigenvalue weighted by Crippen LogP contribution is -1.75. The van der Waals surface area contributed by atoms with Gasteiger partial charge >= 0.3 is 0 Å². The lowest BCUT2D eigenvalue weighted by Gasteiger charge is -1.97. The van der Waals surface area contributed by atoms with E-state index in [1.165, 1.54) is 0 Å². The maximum atomic E-state index is 5.92. The molecule has 0 aromatic heterocycles. The second-order valence-electron chi connectivity index (χ2n) is 2.22. The number of hydrogen-bond donors (Lipinski definition) is 0. The molecule has 0 N–H and O–H groups in total. The van der Waals surface area contributed by atoms with Crippen LogP contribution in [-0.2, 0) is 0 Å². The summed E-state index contributed by atoms with van der Waals surface area (Å²) in [6, 6.07) is 5.70. The first-order valence-electron chi connectivity index (χ1n) is 3.41. The molecule has 0 nitrogen and oxygen atoms in total. The van der Waals surface area contributed by atoms with Crippen molar-refractivity contribution < 1.29 is 0 Å². The molecule has 1 rings (SSSR count). The van der Waals surface area contributed by atoms with Gasteiger partial charge in [0.1, 0.15) is 0 Å². The normalized spacial score (nSPS) is 10.9. The summed E-state index contributed by atoms with van der Waals surface area (Å²) >= 11 is 14.8. The fraction of sp³-hybridized carbons (Fsp3) is 0.111. The Morgan fingerprint density at radius 3 is 2.83 bits per heavy atom. The zero-order valence-corrected chi connectivity index (χ0v) is 9.33. The van der Waals surface area contributed by atoms with Crippen molar-refractivity contribution in [3.8, 4) is 0 Å². The molecule has 0 heterocycles. The minimum atomic E-state index is 0.503. The van der Waals surface area contributed by atoms with E-state index in [4.69, 9.17) is 23.2 Å². The Kier molecular flexibility index (Phi) is 4.13. The van der Waals surface area contributed by atoms with Crippen LogP contribution in [0, 0.1) is 0 Å². The van der Waals surface area contributed by atoms with Crippen LogP contribution in [0.25, 0.3) is 6.08 Å². The molecule has 1 aromatic carbocycles. The molecule has 12 heavy (non-hydrogen) atoms. The van der Waals surface area contributed by atoms with Gasteiger partial charge < -0.3 is 0 Å². The maximum absolute atomic E-state index is 5.92. The quantitative estimate of drug-likeness (QED) is 0.698. The Bertz CT molecular complexity index is 295. The van der Waals surface area contributed by atoms with Gasteiger partial charge in [-0.3, -0.25) is 0 Å². The third kappa shape index (κ3) is 2.81. The predicted octanol–water partition coefficient (Wildman–Crippen LogP) is 4.35. The van der Waals surface area contributed by atoms with E-state index in [0.717, 1.165) is 15.1 Å². The minimum Gasteiger partial charge on any atom is -0.122 e. The largest absolute Gasteiger partial charge is 0.122 e. The summed E-state index contributed by atoms with van der Waals surface area (Å²) in [5.74, 6) is 0.503. The Balaban J connectivity index is 2.97. The van der Waals surface area contributed by atoms with Gasteiger partial charge in [0.15, 0.2) is 0 Å². The minimum absolute atomic E-state index is 0.503. The molecule has 0 unspecified atom stereocenters. The van der Waals surface area contributed by atoms with Gasteiger partial charge in [0.25, 0.3) is 0 Å². The van der Waals surface area contributed by atoms with Gasteiger partial charge in [-0.1, -0.05) is 39.7 Å². The van der Waals surface area contributed by atoms with Crippen LogP contribution in [0.15, 0.2) is 28.7 Å². The van der Waals surface area contributed by atoms with E-state index in [9.17, 15) is 0 Å². The Morgan fingerprint density at radius 1 is 1.42 bits per heavy atom. The van der Waals surface area contributed by atoms with Crippen LogP contribution >= 0.6 is 39.1 Å². The molecule has 0 aliphatic rings. The van der Waals surface area contributed by atoms with Crippen LogP contribution in [0.1, 0.15) is 5.56 Å². The molecule has 3 heteroatoms. The van der Waals surface area contributed by atoms with E-state index in [0.29, 0.717) is 5.88 Å². The Labute approximate surface area is 90.3 Å². The van der Waals surface area contributed by atoms with Crippen molar-refractivity contribution >= 4 is 45.2 Å². The first-order valence-corrected chi connectivity index (χ1v) is 5.12. The molecular formula is C9H7BrCl2. The van der Waals surface area contributed by atoms with Crippen molar-refractivity contribution in [2.45, 2.75) is 0 Å². The summed E-state index contributed by atoms with van der Waals surface area (Å²) in [5, 5.41) is 0.736. The summed E-state index contributed by atoms with van der Waals surface area (Å²) in [7, 11) is 0. The van der Waals surface area contributed by atoms with Crippen LogP contribution in [0.3, 0.4) is 0 Å². The van der Waals surface area contributed by atoms with E-state index in [1.54, 1.807) is 0 Å². The molecule has 0 saturated carbocycles. The number of halogens is 3. The van der Waals surface area contributed by atoms with E-state index in [-0.39, 0.29) is 0 Å². The molecule has 64 valence electrons. The molecule has 1 aromatic rings. The summed E-state index contributed by atoms with van der Waals surface area (Å²) in [5.41, 5.74) is 0.978. The van der Waals surface area contributed by atoms with Gasteiger partial charge in [0.05, 0.1) is 0 Å². The predicted molar refractivity (Wildman–Crippen MR) is 58.9 cm³/mol. The summed E-state index contributed by atoms with van der Waals surface area (Å²) < 4.78 is 1.01. The number of benzene rings is 1. The lowest BCUT2D eigenvalue weighted by molar-refractivity contribution is 1.60. The number of allylic oxidation sites excluding steroid dienone is 1. The van der Waals surface area contributed by atoms with Gasteiger partial charge in [-0.15, -0.1) is 11.6 Å². The lowest BCUT2D eigenvalue weighted by atomic mass is 10.2. The molecule has 0 spiro atoms. The van der Waals surface area contributed by atoms with Gasteiger partial charge in [0.2, 0.25) is 0 Å². The monoisotopic (exact) mass is 264 g/mol. The Morgan fingerprint density at radius 2 is 2.17 bits per heavy atom. The molecule has 0 saturated heterocycles. The first-order chi connectivity index (χ1) is 5.74. The van der Waals surface area contributed by atoms with Crippen molar-refractivity contribution in [1.29, 1.82) is 0 Å². The number of rotatable bonds is 2. The summed E-state index contributed by atoms with van der Waals surface area (Å²) in [6.45, 7) is 0. The standard InChI is InChI=1S/C9H7BrCl2/c10-8-3-4-9(12)7(6-8)2-1-5-11/h1-4,6H,5H2/b2-1+. The third-order valence-corrected chi connectivity index (χ3v) is 2.36. The second-order valence-corrected chi connectivity index (χ2v) is 3.85. The molecule has 0 atom stereocenters. The maximum Gasteiger partial charge on any atom is 0.0479 e. The van der Waals surface area contributed by atoms with Crippen LogP contribution in [-0.4, -0.2) is 5.88 Å². The highest BCUT2D eigenvalue weighted by molar-refractivity contribution is 9.10. The van der Waals surface area contributed by atoms with Gasteiger partial charge in [-0.25, -0.2) is 0 Å². The zero-order valence-electron chi connectivity index (χ0n) is 6.23. The molecule has 0 fully saturated rings. The van der Waals surface area contributed by atoms with E-state index in [1.807, 2.05) is 30.4 Å². The van der Waals surface area contributed by atoms with Crippen molar-refractivity contribution in [2.75, 3.05) is 5.88 Å². The van der Waals surface area contributed by atoms with E-state index in [2.05, 4.69) is 15.9 Å². The van der Waals surface area contributed by atoms with E-state index >= 15 is 0 Å². The first kappa shape index (κ1) is 10.1. The molecule has 0 radical (unpaired) electrons. The van der Waals surface area contributed by atoms with Gasteiger partial charge in [-0.2, -0.15) is 0 Å². The average Bonchev–Trinajstić information content (AvgIpc) is 2.07. The highest BCUT2D eigenvalue weighted by atomic mass is 79.9. The topological polar surface area (TPSA) is 0 Å². The molecule has 0 aliphatic carbocycles. The summed E-state index contributed by atoms with van der Waals surface area (Å²) in [4.78, 5) is 0. The van der Waals surface area contributed by atoms with Gasteiger partial charge in [-0.05, 0) is 23.8 Å². The zero-order chi connectivity index (χ0) is 8.97. The van der Waals surface area contributed by atoms with Crippen molar-refractivity contribution in [1.82, 2.24) is 0 Å². The highest BCUT2D eigenvalue weighted by Crippen LogP contribution is 2.21. The van der Waals surface area contributed by atoms with E-state index < -0.39 is 0 Å². The fourth-order valence-electron chi connectivity index (χ4n) is 0.814. The number of alkyl halides is 1. The van der Waals surface area contributed by atoms with Crippen LogP contribution in [0.2, 0.25) is 5.02 Å². The molecule has 0 aliphatic heterocycles. The Hall–Kier alpha value is 0.0200. The molecule has 0 amide bonds. The third-order valence-electron chi connectivity index (χ3n) is 1.34. The molecular weight excluding hydrogens is 259 g/mol. The van der Waals surface area contributed by atoms with Gasteiger partial charge in [0, 0.05) is 15.4 Å². The van der Waals surface area contributed by atoms with Crippen LogP contribution < -0.4 is 0 Å². The highest BCUT2D eigenvalue weighted by Gasteiger charge is 1.95. The SMILES string of the molecule is ClC/C=C/c1cc(Br)ccc1Cl. The van der Waals surface area contributed by atoms with Crippen molar-refractivity contribution in [3.05, 3.63) is 39.3 Å². The van der Waals surface area contributed by atoms with Crippen molar-refractivity contribution in [3.63, 3.8) is 0 Å². The molecule has 0 bridgehead atoms. The number of hydrogen-bond acceptors (Lipinski definition) is 0. The van der Waals surface area contributed by atoms with Crippen LogP contribution in [0.4, 0.5) is 0 Å². The van der Waals surface area contributed by atoms with Crippen molar-refractivity contribution in [2.24, 2.45) is 0 Å². The smallest absolute Gasteiger partial charge is 0.0479 e.